The summed E-state index contributed by atoms with van der Waals surface area (Å²) in [6.45, 7) is 6.91. The third kappa shape index (κ3) is 6.59. The second-order valence-electron chi connectivity index (χ2n) is 7.72. The first-order valence-corrected chi connectivity index (χ1v) is 10.9. The summed E-state index contributed by atoms with van der Waals surface area (Å²) >= 11 is 0. The van der Waals surface area contributed by atoms with Crippen LogP contribution in [0.4, 0.5) is 10.6 Å². The minimum absolute atomic E-state index is 0. The first-order chi connectivity index (χ1) is 15.0. The molecule has 0 saturated carbocycles. The number of guanidine groups is 1. The number of carbonyl (C=O) groups excluding carboxylic acids is 2. The van der Waals surface area contributed by atoms with Crippen molar-refractivity contribution in [1.82, 2.24) is 20.1 Å². The average Bonchev–Trinajstić information content (AvgIpc) is 2.80. The Labute approximate surface area is 206 Å². The van der Waals surface area contributed by atoms with E-state index >= 15 is 0 Å². The van der Waals surface area contributed by atoms with Crippen LogP contribution in [0.25, 0.3) is 0 Å². The van der Waals surface area contributed by atoms with Crippen molar-refractivity contribution in [3.8, 4) is 0 Å². The van der Waals surface area contributed by atoms with Crippen LogP contribution in [-0.4, -0.2) is 85.7 Å². The van der Waals surface area contributed by atoms with E-state index in [2.05, 4.69) is 31.2 Å². The van der Waals surface area contributed by atoms with E-state index in [0.29, 0.717) is 39.3 Å². The van der Waals surface area contributed by atoms with Crippen molar-refractivity contribution in [2.24, 2.45) is 16.6 Å². The van der Waals surface area contributed by atoms with E-state index in [1.807, 2.05) is 13.0 Å². The van der Waals surface area contributed by atoms with Gasteiger partial charge in [0.15, 0.2) is 5.96 Å². The van der Waals surface area contributed by atoms with Crippen molar-refractivity contribution >= 4 is 47.8 Å². The molecule has 3 N–H and O–H groups in total. The van der Waals surface area contributed by atoms with E-state index in [9.17, 15) is 9.59 Å². The molecular formula is C21H34IN7O3. The highest BCUT2D eigenvalue weighted by molar-refractivity contribution is 14.0. The Kier molecular flexibility index (Phi) is 10.3. The number of hydrogen-bond acceptors (Lipinski definition) is 6. The van der Waals surface area contributed by atoms with Gasteiger partial charge in [-0.1, -0.05) is 6.07 Å². The monoisotopic (exact) mass is 559 g/mol. The Morgan fingerprint density at radius 2 is 1.84 bits per heavy atom. The Bertz CT molecular complexity index is 791. The predicted molar refractivity (Wildman–Crippen MR) is 134 cm³/mol. The normalized spacial score (nSPS) is 17.6. The van der Waals surface area contributed by atoms with Crippen molar-refractivity contribution in [3.05, 3.63) is 23.9 Å². The number of hydrogen-bond donors (Lipinski definition) is 2. The van der Waals surface area contributed by atoms with E-state index in [1.165, 1.54) is 0 Å². The number of nitrogens with one attached hydrogen (secondary N) is 1. The molecule has 0 unspecified atom stereocenters. The van der Waals surface area contributed by atoms with Gasteiger partial charge in [0.05, 0.1) is 6.61 Å². The van der Waals surface area contributed by atoms with Crippen LogP contribution in [0.3, 0.4) is 0 Å². The molecule has 11 heteroatoms. The number of rotatable bonds is 5. The van der Waals surface area contributed by atoms with Gasteiger partial charge in [-0.3, -0.25) is 9.79 Å². The maximum atomic E-state index is 11.9. The smallest absolute Gasteiger partial charge is 0.409 e. The molecule has 32 heavy (non-hydrogen) atoms. The number of nitrogens with zero attached hydrogens (tertiary/aromatic N) is 5. The molecule has 0 atom stereocenters. The summed E-state index contributed by atoms with van der Waals surface area (Å²) in [6.07, 6.45) is 3.05. The number of pyridine rings is 1. The standard InChI is InChI=1S/C21H33N7O3.HI/c1-3-31-21(30)28-13-11-27(12-14-28)20(23-2)25-15-17-5-4-8-24-19(17)26-9-6-16(7-10-26)18(22)29;/h4-5,8,16H,3,6-7,9-15H2,1-2H3,(H2,22,29)(H,23,25);1H. The van der Waals surface area contributed by atoms with Crippen molar-refractivity contribution in [2.45, 2.75) is 26.3 Å². The fraction of sp³-hybridized carbons (Fsp3) is 0.619. The molecule has 1 aromatic heterocycles. The molecule has 3 rings (SSSR count). The molecule has 0 aliphatic carbocycles. The summed E-state index contributed by atoms with van der Waals surface area (Å²) in [6, 6.07) is 3.99. The van der Waals surface area contributed by atoms with Gasteiger partial charge in [0.2, 0.25) is 5.91 Å². The van der Waals surface area contributed by atoms with E-state index in [4.69, 9.17) is 10.5 Å². The zero-order valence-corrected chi connectivity index (χ0v) is 21.2. The first kappa shape index (κ1) is 25.9. The number of piperazine rings is 1. The number of primary amides is 1. The number of amides is 2. The maximum absolute atomic E-state index is 11.9. The second kappa shape index (κ2) is 12.7. The quantitative estimate of drug-likeness (QED) is 0.317. The van der Waals surface area contributed by atoms with Crippen LogP contribution in [0, 0.1) is 5.92 Å². The van der Waals surface area contributed by atoms with E-state index in [1.54, 1.807) is 18.1 Å². The van der Waals surface area contributed by atoms with Crippen LogP contribution < -0.4 is 16.0 Å². The van der Waals surface area contributed by atoms with Gasteiger partial charge in [-0.05, 0) is 25.8 Å². The number of aromatic nitrogens is 1. The van der Waals surface area contributed by atoms with E-state index < -0.39 is 0 Å². The Balaban J connectivity index is 0.00000363. The highest BCUT2D eigenvalue weighted by atomic mass is 127. The molecule has 1 aromatic rings. The average molecular weight is 559 g/mol. The van der Waals surface area contributed by atoms with Crippen LogP contribution in [0.2, 0.25) is 0 Å². The highest BCUT2D eigenvalue weighted by Crippen LogP contribution is 2.24. The number of nitrogens with two attached hydrogens (primary N) is 1. The minimum atomic E-state index is -0.259. The van der Waals surface area contributed by atoms with Gasteiger partial charge in [0, 0.05) is 70.5 Å². The molecule has 2 amide bonds. The van der Waals surface area contributed by atoms with E-state index in [-0.39, 0.29) is 41.9 Å². The van der Waals surface area contributed by atoms with Crippen LogP contribution in [0.1, 0.15) is 25.3 Å². The topological polar surface area (TPSA) is 116 Å². The molecule has 10 nitrogen and oxygen atoms in total. The van der Waals surface area contributed by atoms with Gasteiger partial charge in [0.1, 0.15) is 5.82 Å². The number of anilines is 1. The molecular weight excluding hydrogens is 525 g/mol. The van der Waals surface area contributed by atoms with Crippen molar-refractivity contribution in [3.63, 3.8) is 0 Å². The molecule has 3 heterocycles. The predicted octanol–water partition coefficient (Wildman–Crippen LogP) is 1.25. The lowest BCUT2D eigenvalue weighted by Crippen LogP contribution is -2.53. The van der Waals surface area contributed by atoms with E-state index in [0.717, 1.165) is 43.3 Å². The molecule has 0 spiro atoms. The van der Waals surface area contributed by atoms with Crippen molar-refractivity contribution in [1.29, 1.82) is 0 Å². The lowest BCUT2D eigenvalue weighted by atomic mass is 9.96. The number of halogens is 1. The third-order valence-electron chi connectivity index (χ3n) is 5.82. The van der Waals surface area contributed by atoms with Gasteiger partial charge in [-0.2, -0.15) is 0 Å². The molecule has 2 fully saturated rings. The number of piperidine rings is 1. The molecule has 0 aromatic carbocycles. The van der Waals surface area contributed by atoms with Crippen LogP contribution in [0.15, 0.2) is 23.3 Å². The molecule has 2 aliphatic rings. The van der Waals surface area contributed by atoms with Gasteiger partial charge in [0.25, 0.3) is 0 Å². The van der Waals surface area contributed by atoms with Crippen LogP contribution >= 0.6 is 24.0 Å². The Morgan fingerprint density at radius 1 is 1.19 bits per heavy atom. The summed E-state index contributed by atoms with van der Waals surface area (Å²) in [5, 5.41) is 3.43. The number of aliphatic imine (C=N–C) groups is 1. The Morgan fingerprint density at radius 3 is 2.44 bits per heavy atom. The number of ether oxygens (including phenoxy) is 1. The highest BCUT2D eigenvalue weighted by Gasteiger charge is 2.26. The molecule has 0 radical (unpaired) electrons. The molecule has 0 bridgehead atoms. The van der Waals surface area contributed by atoms with Gasteiger partial charge in [-0.15, -0.1) is 24.0 Å². The van der Waals surface area contributed by atoms with Crippen LogP contribution in [-0.2, 0) is 16.1 Å². The zero-order valence-electron chi connectivity index (χ0n) is 18.8. The summed E-state index contributed by atoms with van der Waals surface area (Å²) in [4.78, 5) is 38.4. The lowest BCUT2D eigenvalue weighted by Gasteiger charge is -2.36. The van der Waals surface area contributed by atoms with Gasteiger partial charge in [-0.25, -0.2) is 9.78 Å². The lowest BCUT2D eigenvalue weighted by molar-refractivity contribution is -0.122. The maximum Gasteiger partial charge on any atom is 0.409 e. The summed E-state index contributed by atoms with van der Waals surface area (Å²) in [5.74, 6) is 1.47. The molecule has 2 aliphatic heterocycles. The minimum Gasteiger partial charge on any atom is -0.450 e. The molecule has 178 valence electrons. The fourth-order valence-electron chi connectivity index (χ4n) is 4.05. The third-order valence-corrected chi connectivity index (χ3v) is 5.82. The summed E-state index contributed by atoms with van der Waals surface area (Å²) < 4.78 is 5.08. The second-order valence-corrected chi connectivity index (χ2v) is 7.72. The van der Waals surface area contributed by atoms with Gasteiger partial charge >= 0.3 is 6.09 Å². The first-order valence-electron chi connectivity index (χ1n) is 10.9. The number of carbonyl (C=O) groups is 2. The SMILES string of the molecule is CCOC(=O)N1CCN(C(=NC)NCc2cccnc2N2CCC(C(N)=O)CC2)CC1.I. The molecule has 2 saturated heterocycles. The largest absolute Gasteiger partial charge is 0.450 e. The Hall–Kier alpha value is -2.31. The van der Waals surface area contributed by atoms with Crippen molar-refractivity contribution < 1.29 is 14.3 Å². The van der Waals surface area contributed by atoms with Gasteiger partial charge < -0.3 is 30.5 Å². The summed E-state index contributed by atoms with van der Waals surface area (Å²) in [7, 11) is 1.76. The van der Waals surface area contributed by atoms with Crippen LogP contribution in [0.5, 0.6) is 0 Å². The summed E-state index contributed by atoms with van der Waals surface area (Å²) in [5.41, 5.74) is 6.53. The zero-order chi connectivity index (χ0) is 22.2. The van der Waals surface area contributed by atoms with Crippen molar-refractivity contribution in [2.75, 3.05) is 57.8 Å². The fourth-order valence-corrected chi connectivity index (χ4v) is 4.05.